The van der Waals surface area contributed by atoms with E-state index in [1.54, 1.807) is 0 Å². The highest BCUT2D eigenvalue weighted by Gasteiger charge is 2.23. The Morgan fingerprint density at radius 2 is 2.00 bits per heavy atom. The summed E-state index contributed by atoms with van der Waals surface area (Å²) < 4.78 is 10.1. The molecule has 8 nitrogen and oxygen atoms in total. The average Bonchev–Trinajstić information content (AvgIpc) is 2.81. The fourth-order valence-electron chi connectivity index (χ4n) is 1.70. The summed E-state index contributed by atoms with van der Waals surface area (Å²) in [5.74, 6) is -1.99. The van der Waals surface area contributed by atoms with Crippen molar-refractivity contribution < 1.29 is 29.6 Å². The van der Waals surface area contributed by atoms with Gasteiger partial charge in [-0.3, -0.25) is 4.79 Å². The zero-order chi connectivity index (χ0) is 13.3. The molecule has 0 atom stereocenters. The molecule has 0 radical (unpaired) electrons. The molecule has 2 heterocycles. The second-order valence-corrected chi connectivity index (χ2v) is 3.42. The smallest absolute Gasteiger partial charge is 0.377 e. The number of carbonyl (C=O) groups excluding carboxylic acids is 1. The molecule has 102 valence electrons. The first-order valence-corrected chi connectivity index (χ1v) is 4.95. The van der Waals surface area contributed by atoms with E-state index in [0.29, 0.717) is 16.7 Å². The Kier molecular flexibility index (Phi) is 4.07. The van der Waals surface area contributed by atoms with Crippen molar-refractivity contribution in [1.29, 1.82) is 0 Å². The molecule has 8 heteroatoms. The number of carbonyl (C=O) groups is 2. The Balaban J connectivity index is 0.00000180. The summed E-state index contributed by atoms with van der Waals surface area (Å²) in [5, 5.41) is 9.10. The van der Waals surface area contributed by atoms with Gasteiger partial charge in [-0.2, -0.15) is 0 Å². The van der Waals surface area contributed by atoms with E-state index in [9.17, 15) is 9.59 Å². The molecule has 0 bridgehead atoms. The first-order valence-electron chi connectivity index (χ1n) is 4.95. The average molecular weight is 268 g/mol. The van der Waals surface area contributed by atoms with Crippen LogP contribution in [0.1, 0.15) is 10.4 Å². The summed E-state index contributed by atoms with van der Waals surface area (Å²) in [7, 11) is 2.83. The maximum Gasteiger partial charge on any atom is 0.377 e. The molecule has 0 aliphatic heterocycles. The Bertz CT molecular complexity index is 633. The van der Waals surface area contributed by atoms with Gasteiger partial charge in [0.15, 0.2) is 0 Å². The van der Waals surface area contributed by atoms with Gasteiger partial charge in [0, 0.05) is 6.20 Å². The van der Waals surface area contributed by atoms with Crippen molar-refractivity contribution in [2.75, 3.05) is 14.2 Å². The van der Waals surface area contributed by atoms with Crippen molar-refractivity contribution in [1.82, 2.24) is 9.97 Å². The number of H-pyrrole nitrogens is 1. The minimum absolute atomic E-state index is 0. The van der Waals surface area contributed by atoms with Crippen molar-refractivity contribution >= 4 is 22.7 Å². The van der Waals surface area contributed by atoms with E-state index >= 15 is 0 Å². The topological polar surface area (TPSA) is 133 Å². The number of nitrogens with zero attached hydrogens (tertiary/aromatic N) is 1. The minimum Gasteiger partial charge on any atom is -0.494 e. The summed E-state index contributed by atoms with van der Waals surface area (Å²) >= 11 is 0. The molecule has 2 rings (SSSR count). The Morgan fingerprint density at radius 1 is 1.32 bits per heavy atom. The Hall–Kier alpha value is -2.61. The largest absolute Gasteiger partial charge is 0.494 e. The highest BCUT2D eigenvalue weighted by Crippen LogP contribution is 2.33. The van der Waals surface area contributed by atoms with Gasteiger partial charge in [0.2, 0.25) is 5.88 Å². The van der Waals surface area contributed by atoms with Crippen LogP contribution in [0.5, 0.6) is 11.6 Å². The molecule has 0 fully saturated rings. The maximum atomic E-state index is 11.6. The van der Waals surface area contributed by atoms with Crippen LogP contribution in [0, 0.1) is 0 Å². The number of carboxylic acid groups (broad SMARTS) is 1. The molecule has 2 aromatic rings. The summed E-state index contributed by atoms with van der Waals surface area (Å²) in [5.41, 5.74) is 0.427. The van der Waals surface area contributed by atoms with Crippen LogP contribution in [0.25, 0.3) is 10.9 Å². The third kappa shape index (κ3) is 2.20. The number of aromatic amines is 1. The van der Waals surface area contributed by atoms with Crippen LogP contribution < -0.4 is 9.47 Å². The van der Waals surface area contributed by atoms with Crippen LogP contribution in [0.3, 0.4) is 0 Å². The van der Waals surface area contributed by atoms with Crippen molar-refractivity contribution in [2.45, 2.75) is 0 Å². The maximum absolute atomic E-state index is 11.6. The van der Waals surface area contributed by atoms with Gasteiger partial charge in [0.1, 0.15) is 11.3 Å². The normalized spacial score (nSPS) is 9.79. The van der Waals surface area contributed by atoms with Crippen LogP contribution >= 0.6 is 0 Å². The van der Waals surface area contributed by atoms with E-state index in [-0.39, 0.29) is 16.9 Å². The molecular weight excluding hydrogens is 256 g/mol. The number of rotatable bonds is 4. The van der Waals surface area contributed by atoms with E-state index in [0.717, 1.165) is 0 Å². The molecule has 4 N–H and O–H groups in total. The molecule has 19 heavy (non-hydrogen) atoms. The van der Waals surface area contributed by atoms with Crippen molar-refractivity contribution in [3.8, 4) is 11.6 Å². The highest BCUT2D eigenvalue weighted by molar-refractivity contribution is 6.42. The molecule has 0 aliphatic rings. The van der Waals surface area contributed by atoms with E-state index < -0.39 is 11.8 Å². The minimum atomic E-state index is -1.53. The third-order valence-electron chi connectivity index (χ3n) is 2.49. The lowest BCUT2D eigenvalue weighted by molar-refractivity contribution is -0.131. The lowest BCUT2D eigenvalue weighted by atomic mass is 10.1. The molecule has 0 saturated carbocycles. The number of Topliss-reactive ketones (excluding diaryl/α,β-unsaturated/α-hetero) is 1. The molecule has 0 unspecified atom stereocenters. The van der Waals surface area contributed by atoms with Crippen LogP contribution in [0.4, 0.5) is 0 Å². The molecule has 0 aliphatic carbocycles. The number of hydrogen-bond donors (Lipinski definition) is 2. The van der Waals surface area contributed by atoms with E-state index in [4.69, 9.17) is 14.6 Å². The fraction of sp³-hybridized carbons (Fsp3) is 0.182. The van der Waals surface area contributed by atoms with Gasteiger partial charge in [-0.25, -0.2) is 9.78 Å². The van der Waals surface area contributed by atoms with Gasteiger partial charge < -0.3 is 25.0 Å². The van der Waals surface area contributed by atoms with E-state index in [1.807, 2.05) is 0 Å². The van der Waals surface area contributed by atoms with Crippen LogP contribution in [-0.2, 0) is 4.79 Å². The van der Waals surface area contributed by atoms with E-state index in [1.165, 1.54) is 26.6 Å². The molecule has 0 amide bonds. The monoisotopic (exact) mass is 268 g/mol. The third-order valence-corrected chi connectivity index (χ3v) is 2.49. The summed E-state index contributed by atoms with van der Waals surface area (Å²) in [4.78, 5) is 29.0. The van der Waals surface area contributed by atoms with Crippen molar-refractivity contribution in [3.05, 3.63) is 18.0 Å². The number of ether oxygens (including phenoxy) is 2. The predicted molar refractivity (Wildman–Crippen MR) is 64.8 cm³/mol. The first kappa shape index (κ1) is 14.5. The molecule has 2 aromatic heterocycles. The molecule has 0 spiro atoms. The Labute approximate surface area is 107 Å². The van der Waals surface area contributed by atoms with Gasteiger partial charge in [0.05, 0.1) is 31.4 Å². The van der Waals surface area contributed by atoms with Gasteiger partial charge in [0.25, 0.3) is 5.78 Å². The lowest BCUT2D eigenvalue weighted by Gasteiger charge is -2.05. The number of fused-ring (bicyclic) bond motifs is 1. The Morgan fingerprint density at radius 3 is 2.53 bits per heavy atom. The number of methoxy groups -OCH3 is 2. The van der Waals surface area contributed by atoms with Gasteiger partial charge in [-0.15, -0.1) is 0 Å². The number of aliphatic carboxylic acids is 1. The zero-order valence-electron chi connectivity index (χ0n) is 10.2. The number of nitrogens with one attached hydrogen (secondary N) is 1. The van der Waals surface area contributed by atoms with Crippen LogP contribution in [0.2, 0.25) is 0 Å². The van der Waals surface area contributed by atoms with Gasteiger partial charge in [-0.1, -0.05) is 0 Å². The molecule has 0 aromatic carbocycles. The standard InChI is InChI=1S/C11H10N2O5.H2O/c1-17-6-4-13-10(18-2)8-7(6)5(3-12-8)9(14)11(15)16;/h3-4,12H,1-2H3,(H,15,16);1H2. The summed E-state index contributed by atoms with van der Waals surface area (Å²) in [6.07, 6.45) is 2.67. The zero-order valence-corrected chi connectivity index (χ0v) is 10.2. The number of carboxylic acids is 1. The number of hydrogen-bond acceptors (Lipinski definition) is 5. The van der Waals surface area contributed by atoms with Crippen molar-refractivity contribution in [3.63, 3.8) is 0 Å². The van der Waals surface area contributed by atoms with E-state index in [2.05, 4.69) is 9.97 Å². The quantitative estimate of drug-likeness (QED) is 0.593. The van der Waals surface area contributed by atoms with Crippen LogP contribution in [0.15, 0.2) is 12.4 Å². The number of ketones is 1. The van der Waals surface area contributed by atoms with Crippen molar-refractivity contribution in [2.24, 2.45) is 0 Å². The van der Waals surface area contributed by atoms with Crippen LogP contribution in [-0.4, -0.2) is 46.5 Å². The lowest BCUT2D eigenvalue weighted by Crippen LogP contribution is -2.12. The first-order chi connectivity index (χ1) is 8.60. The second kappa shape index (κ2) is 5.36. The second-order valence-electron chi connectivity index (χ2n) is 3.42. The SMILES string of the molecule is COc1ncc(OC)c2c(C(=O)C(=O)O)c[nH]c12.O. The molecule has 0 saturated heterocycles. The number of aromatic nitrogens is 2. The molecular formula is C11H12N2O6. The summed E-state index contributed by atoms with van der Waals surface area (Å²) in [6.45, 7) is 0. The fourth-order valence-corrected chi connectivity index (χ4v) is 1.70. The van der Waals surface area contributed by atoms with Gasteiger partial charge >= 0.3 is 5.97 Å². The summed E-state index contributed by atoms with van der Waals surface area (Å²) in [6, 6.07) is 0. The van der Waals surface area contributed by atoms with Gasteiger partial charge in [-0.05, 0) is 0 Å². The predicted octanol–water partition coefficient (Wildman–Crippen LogP) is 0.0227. The highest BCUT2D eigenvalue weighted by atomic mass is 16.5. The number of pyridine rings is 1.